The van der Waals surface area contributed by atoms with E-state index >= 15 is 0 Å². The van der Waals surface area contributed by atoms with E-state index in [1.54, 1.807) is 0 Å². The molecule has 1 aliphatic heterocycles. The fraction of sp³-hybridized carbons (Fsp3) is 0.750. The minimum atomic E-state index is 0.389. The van der Waals surface area contributed by atoms with E-state index < -0.39 is 0 Å². The maximum Gasteiger partial charge on any atom is 0.0813 e. The van der Waals surface area contributed by atoms with Gasteiger partial charge in [-0.3, -0.25) is 0 Å². The average Bonchev–Trinajstić information content (AvgIpc) is 2.24. The Balaban J connectivity index is 2.35. The lowest BCUT2D eigenvalue weighted by molar-refractivity contribution is 0.104. The SMILES string of the molecule is CC1(C)C2C=CC1OC2. The van der Waals surface area contributed by atoms with Crippen molar-refractivity contribution in [2.45, 2.75) is 20.0 Å². The van der Waals surface area contributed by atoms with E-state index in [0.717, 1.165) is 6.61 Å². The van der Waals surface area contributed by atoms with Crippen LogP contribution in [-0.4, -0.2) is 12.7 Å². The van der Waals surface area contributed by atoms with E-state index in [-0.39, 0.29) is 0 Å². The summed E-state index contributed by atoms with van der Waals surface area (Å²) in [6, 6.07) is 0. The first-order valence-electron chi connectivity index (χ1n) is 3.51. The highest BCUT2D eigenvalue weighted by atomic mass is 16.5. The molecule has 0 aromatic carbocycles. The Kier molecular flexibility index (Phi) is 0.854. The first kappa shape index (κ1) is 5.48. The number of hydrogen-bond donors (Lipinski definition) is 0. The van der Waals surface area contributed by atoms with E-state index in [4.69, 9.17) is 4.74 Å². The lowest BCUT2D eigenvalue weighted by Gasteiger charge is -2.20. The molecule has 2 bridgehead atoms. The maximum atomic E-state index is 5.48. The van der Waals surface area contributed by atoms with Crippen LogP contribution in [0, 0.1) is 11.3 Å². The standard InChI is InChI=1S/C8H12O/c1-8(2)6-3-4-7(8)9-5-6/h3-4,6-7H,5H2,1-2H3. The Hall–Kier alpha value is -0.300. The van der Waals surface area contributed by atoms with Crippen molar-refractivity contribution in [3.05, 3.63) is 12.2 Å². The molecule has 1 aliphatic carbocycles. The number of hydrogen-bond acceptors (Lipinski definition) is 1. The zero-order valence-electron chi connectivity index (χ0n) is 5.92. The van der Waals surface area contributed by atoms with Crippen molar-refractivity contribution < 1.29 is 4.74 Å². The Morgan fingerprint density at radius 3 is 2.33 bits per heavy atom. The summed E-state index contributed by atoms with van der Waals surface area (Å²) in [4.78, 5) is 0. The summed E-state index contributed by atoms with van der Waals surface area (Å²) < 4.78 is 5.48. The van der Waals surface area contributed by atoms with Crippen LogP contribution in [-0.2, 0) is 4.74 Å². The Morgan fingerprint density at radius 2 is 2.22 bits per heavy atom. The molecule has 50 valence electrons. The largest absolute Gasteiger partial charge is 0.373 e. The highest BCUT2D eigenvalue weighted by Gasteiger charge is 2.45. The van der Waals surface area contributed by atoms with Gasteiger partial charge in [0.2, 0.25) is 0 Å². The summed E-state index contributed by atoms with van der Waals surface area (Å²) in [7, 11) is 0. The molecule has 0 amide bonds. The zero-order chi connectivity index (χ0) is 6.48. The second kappa shape index (κ2) is 1.40. The first-order chi connectivity index (χ1) is 4.21. The van der Waals surface area contributed by atoms with Gasteiger partial charge in [-0.15, -0.1) is 0 Å². The third-order valence-corrected chi connectivity index (χ3v) is 2.66. The number of fused-ring (bicyclic) bond motifs is 2. The minimum Gasteiger partial charge on any atom is -0.373 e. The Morgan fingerprint density at radius 1 is 1.44 bits per heavy atom. The van der Waals surface area contributed by atoms with Gasteiger partial charge in [-0.2, -0.15) is 0 Å². The molecule has 1 saturated heterocycles. The normalized spacial score (nSPS) is 44.2. The van der Waals surface area contributed by atoms with Gasteiger partial charge in [0.05, 0.1) is 12.7 Å². The molecule has 0 aromatic rings. The third-order valence-electron chi connectivity index (χ3n) is 2.66. The highest BCUT2D eigenvalue weighted by molar-refractivity contribution is 5.16. The van der Waals surface area contributed by atoms with Gasteiger partial charge in [0.1, 0.15) is 0 Å². The minimum absolute atomic E-state index is 0.389. The summed E-state index contributed by atoms with van der Waals surface area (Å²) in [5.74, 6) is 0.683. The van der Waals surface area contributed by atoms with Crippen molar-refractivity contribution in [2.75, 3.05) is 6.61 Å². The van der Waals surface area contributed by atoms with Crippen LogP contribution >= 0.6 is 0 Å². The van der Waals surface area contributed by atoms with Gasteiger partial charge in [-0.1, -0.05) is 26.0 Å². The van der Waals surface area contributed by atoms with Crippen molar-refractivity contribution >= 4 is 0 Å². The molecule has 2 aliphatic rings. The molecule has 2 rings (SSSR count). The van der Waals surface area contributed by atoms with E-state index in [2.05, 4.69) is 26.0 Å². The lowest BCUT2D eigenvalue weighted by Crippen LogP contribution is -2.22. The molecule has 1 nitrogen and oxygen atoms in total. The van der Waals surface area contributed by atoms with Gasteiger partial charge < -0.3 is 4.74 Å². The number of rotatable bonds is 0. The predicted molar refractivity (Wildman–Crippen MR) is 36.2 cm³/mol. The van der Waals surface area contributed by atoms with E-state index in [9.17, 15) is 0 Å². The number of ether oxygens (including phenoxy) is 1. The lowest BCUT2D eigenvalue weighted by atomic mass is 9.82. The van der Waals surface area contributed by atoms with Crippen molar-refractivity contribution in [3.8, 4) is 0 Å². The maximum absolute atomic E-state index is 5.48. The fourth-order valence-corrected chi connectivity index (χ4v) is 1.69. The van der Waals surface area contributed by atoms with Crippen molar-refractivity contribution in [3.63, 3.8) is 0 Å². The molecule has 1 heterocycles. The molecule has 0 aromatic heterocycles. The molecule has 1 heteroatoms. The van der Waals surface area contributed by atoms with Crippen molar-refractivity contribution in [2.24, 2.45) is 11.3 Å². The quantitative estimate of drug-likeness (QED) is 0.446. The van der Waals surface area contributed by atoms with Gasteiger partial charge in [0.15, 0.2) is 0 Å². The molecule has 9 heavy (non-hydrogen) atoms. The van der Waals surface area contributed by atoms with Gasteiger partial charge in [0, 0.05) is 11.3 Å². The highest BCUT2D eigenvalue weighted by Crippen LogP contribution is 2.45. The monoisotopic (exact) mass is 124 g/mol. The average molecular weight is 124 g/mol. The summed E-state index contributed by atoms with van der Waals surface area (Å²) in [6.07, 6.45) is 4.88. The van der Waals surface area contributed by atoms with Gasteiger partial charge >= 0.3 is 0 Å². The fourth-order valence-electron chi connectivity index (χ4n) is 1.69. The molecular weight excluding hydrogens is 112 g/mol. The van der Waals surface area contributed by atoms with E-state index in [1.165, 1.54) is 0 Å². The van der Waals surface area contributed by atoms with Crippen LogP contribution in [0.5, 0.6) is 0 Å². The molecule has 0 saturated carbocycles. The van der Waals surface area contributed by atoms with Crippen LogP contribution in [0.25, 0.3) is 0 Å². The summed E-state index contributed by atoms with van der Waals surface area (Å²) in [5, 5.41) is 0. The van der Waals surface area contributed by atoms with Gasteiger partial charge in [-0.05, 0) is 0 Å². The van der Waals surface area contributed by atoms with Crippen LogP contribution in [0.4, 0.5) is 0 Å². The Bertz CT molecular complexity index is 142. The molecular formula is C8H12O. The van der Waals surface area contributed by atoms with Gasteiger partial charge in [0.25, 0.3) is 0 Å². The van der Waals surface area contributed by atoms with Crippen LogP contribution in [0.2, 0.25) is 0 Å². The second-order valence-electron chi connectivity index (χ2n) is 3.57. The third kappa shape index (κ3) is 0.531. The summed E-state index contributed by atoms with van der Waals surface area (Å²) in [5.41, 5.74) is 0.389. The molecule has 0 N–H and O–H groups in total. The van der Waals surface area contributed by atoms with Crippen molar-refractivity contribution in [1.82, 2.24) is 0 Å². The Labute approximate surface area is 55.7 Å². The zero-order valence-corrected chi connectivity index (χ0v) is 5.92. The van der Waals surface area contributed by atoms with Crippen LogP contribution in [0.3, 0.4) is 0 Å². The molecule has 0 spiro atoms. The van der Waals surface area contributed by atoms with Crippen molar-refractivity contribution in [1.29, 1.82) is 0 Å². The molecule has 1 fully saturated rings. The van der Waals surface area contributed by atoms with Crippen LogP contribution in [0.15, 0.2) is 12.2 Å². The predicted octanol–water partition coefficient (Wildman–Crippen LogP) is 1.60. The second-order valence-corrected chi connectivity index (χ2v) is 3.57. The smallest absolute Gasteiger partial charge is 0.0813 e. The topological polar surface area (TPSA) is 9.23 Å². The summed E-state index contributed by atoms with van der Waals surface area (Å²) >= 11 is 0. The van der Waals surface area contributed by atoms with Crippen LogP contribution in [0.1, 0.15) is 13.8 Å². The van der Waals surface area contributed by atoms with Crippen LogP contribution < -0.4 is 0 Å². The van der Waals surface area contributed by atoms with E-state index in [0.29, 0.717) is 17.4 Å². The van der Waals surface area contributed by atoms with E-state index in [1.807, 2.05) is 0 Å². The van der Waals surface area contributed by atoms with Gasteiger partial charge in [-0.25, -0.2) is 0 Å². The molecule has 2 unspecified atom stereocenters. The molecule has 2 atom stereocenters. The first-order valence-corrected chi connectivity index (χ1v) is 3.51. The summed E-state index contributed by atoms with van der Waals surface area (Å²) in [6.45, 7) is 5.48. The molecule has 0 radical (unpaired) electrons.